The van der Waals surface area contributed by atoms with E-state index in [2.05, 4.69) is 0 Å². The Hall–Kier alpha value is -0.670. The van der Waals surface area contributed by atoms with Gasteiger partial charge in [0.2, 0.25) is 0 Å². The minimum absolute atomic E-state index is 0.0115. The van der Waals surface area contributed by atoms with Gasteiger partial charge in [-0.05, 0) is 32.4 Å². The van der Waals surface area contributed by atoms with Crippen LogP contribution in [0.3, 0.4) is 0 Å². The second-order valence-corrected chi connectivity index (χ2v) is 4.23. The van der Waals surface area contributed by atoms with Crippen LogP contribution in [0.15, 0.2) is 11.6 Å². The van der Waals surface area contributed by atoms with Crippen LogP contribution >= 0.6 is 0 Å². The van der Waals surface area contributed by atoms with Gasteiger partial charge in [-0.3, -0.25) is 4.79 Å². The Morgan fingerprint density at radius 3 is 2.54 bits per heavy atom. The molecule has 0 radical (unpaired) electrons. The molecule has 1 rings (SSSR count). The Balaban J connectivity index is 2.89. The molecule has 3 nitrogen and oxygen atoms in total. The predicted octanol–water partition coefficient (Wildman–Crippen LogP) is 0.653. The summed E-state index contributed by atoms with van der Waals surface area (Å²) in [5, 5.41) is 19.3. The Labute approximate surface area is 78.1 Å². The molecule has 0 aromatic carbocycles. The lowest BCUT2D eigenvalue weighted by atomic mass is 9.77. The number of carbonyl (C=O) groups is 1. The van der Waals surface area contributed by atoms with Crippen molar-refractivity contribution in [1.82, 2.24) is 0 Å². The van der Waals surface area contributed by atoms with E-state index < -0.39 is 11.7 Å². The first-order chi connectivity index (χ1) is 5.82. The molecule has 0 bridgehead atoms. The molecule has 1 aliphatic carbocycles. The zero-order valence-corrected chi connectivity index (χ0v) is 8.24. The molecular formula is C10H16O3. The molecule has 74 valence electrons. The lowest BCUT2D eigenvalue weighted by Crippen LogP contribution is -2.42. The van der Waals surface area contributed by atoms with E-state index in [9.17, 15) is 15.0 Å². The van der Waals surface area contributed by atoms with E-state index in [4.69, 9.17) is 0 Å². The second-order valence-electron chi connectivity index (χ2n) is 4.23. The van der Waals surface area contributed by atoms with E-state index in [1.54, 1.807) is 20.8 Å². The van der Waals surface area contributed by atoms with Crippen LogP contribution in [0.2, 0.25) is 0 Å². The van der Waals surface area contributed by atoms with Crippen LogP contribution in [-0.2, 0) is 4.79 Å². The Morgan fingerprint density at radius 2 is 2.08 bits per heavy atom. The van der Waals surface area contributed by atoms with Gasteiger partial charge in [-0.25, -0.2) is 0 Å². The summed E-state index contributed by atoms with van der Waals surface area (Å²) in [6, 6.07) is 0. The maximum Gasteiger partial charge on any atom is 0.158 e. The van der Waals surface area contributed by atoms with Crippen molar-refractivity contribution in [1.29, 1.82) is 0 Å². The molecule has 0 fully saturated rings. The van der Waals surface area contributed by atoms with Gasteiger partial charge in [-0.2, -0.15) is 0 Å². The summed E-state index contributed by atoms with van der Waals surface area (Å²) >= 11 is 0. The van der Waals surface area contributed by atoms with Crippen LogP contribution in [0.4, 0.5) is 0 Å². The first kappa shape index (κ1) is 10.4. The molecule has 0 aromatic heterocycles. The second kappa shape index (κ2) is 3.24. The summed E-state index contributed by atoms with van der Waals surface area (Å²) in [6.45, 7) is 4.91. The Bertz CT molecular complexity index is 247. The normalized spacial score (nSPS) is 30.2. The molecule has 13 heavy (non-hydrogen) atoms. The lowest BCUT2D eigenvalue weighted by molar-refractivity contribution is -0.122. The largest absolute Gasteiger partial charge is 0.390 e. The smallest absolute Gasteiger partial charge is 0.158 e. The maximum absolute atomic E-state index is 11.3. The monoisotopic (exact) mass is 184 g/mol. The van der Waals surface area contributed by atoms with Gasteiger partial charge in [0.25, 0.3) is 0 Å². The SMILES string of the molecule is CC1=C[C@H](O)[C@H](C(C)(C)O)CC1=O. The molecule has 0 amide bonds. The number of rotatable bonds is 1. The fourth-order valence-electron chi connectivity index (χ4n) is 1.61. The molecule has 1 aliphatic rings. The third kappa shape index (κ3) is 2.17. The van der Waals surface area contributed by atoms with Crippen LogP contribution < -0.4 is 0 Å². The zero-order valence-electron chi connectivity index (χ0n) is 8.24. The van der Waals surface area contributed by atoms with Crippen molar-refractivity contribution >= 4 is 5.78 Å². The van der Waals surface area contributed by atoms with Crippen LogP contribution in [0.25, 0.3) is 0 Å². The third-order valence-corrected chi connectivity index (χ3v) is 2.59. The summed E-state index contributed by atoms with van der Waals surface area (Å²) in [7, 11) is 0. The lowest BCUT2D eigenvalue weighted by Gasteiger charge is -2.34. The molecule has 0 heterocycles. The number of hydrogen-bond donors (Lipinski definition) is 2. The number of Topliss-reactive ketones (excluding diaryl/α,β-unsaturated/α-hetero) is 1. The van der Waals surface area contributed by atoms with Gasteiger partial charge >= 0.3 is 0 Å². The number of carbonyl (C=O) groups excluding carboxylic acids is 1. The number of hydrogen-bond acceptors (Lipinski definition) is 3. The topological polar surface area (TPSA) is 57.5 Å². The first-order valence-electron chi connectivity index (χ1n) is 4.44. The van der Waals surface area contributed by atoms with E-state index in [1.807, 2.05) is 0 Å². The molecular weight excluding hydrogens is 168 g/mol. The molecule has 2 atom stereocenters. The van der Waals surface area contributed by atoms with Gasteiger partial charge < -0.3 is 10.2 Å². The van der Waals surface area contributed by atoms with Crippen molar-refractivity contribution < 1.29 is 15.0 Å². The van der Waals surface area contributed by atoms with Crippen molar-refractivity contribution in [3.8, 4) is 0 Å². The van der Waals surface area contributed by atoms with Crippen LogP contribution in [0.1, 0.15) is 27.2 Å². The van der Waals surface area contributed by atoms with E-state index in [0.717, 1.165) is 0 Å². The van der Waals surface area contributed by atoms with Gasteiger partial charge in [-0.15, -0.1) is 0 Å². The van der Waals surface area contributed by atoms with Crippen LogP contribution in [0.5, 0.6) is 0 Å². The van der Waals surface area contributed by atoms with Crippen molar-refractivity contribution in [3.05, 3.63) is 11.6 Å². The molecule has 0 saturated heterocycles. The van der Waals surface area contributed by atoms with E-state index >= 15 is 0 Å². The standard InChI is InChI=1S/C10H16O3/c1-6-4-9(12)7(5-8(6)11)10(2,3)13/h4,7,9,12-13H,5H2,1-3H3/t7-,9+/m1/s1. The quantitative estimate of drug-likeness (QED) is 0.629. The minimum Gasteiger partial charge on any atom is -0.390 e. The summed E-state index contributed by atoms with van der Waals surface area (Å²) in [4.78, 5) is 11.3. The molecule has 0 saturated carbocycles. The highest BCUT2D eigenvalue weighted by Gasteiger charge is 2.36. The summed E-state index contributed by atoms with van der Waals surface area (Å²) in [5.74, 6) is -0.374. The van der Waals surface area contributed by atoms with Gasteiger partial charge in [0, 0.05) is 12.3 Å². The van der Waals surface area contributed by atoms with Gasteiger partial charge in [0.1, 0.15) is 0 Å². The summed E-state index contributed by atoms with van der Waals surface area (Å²) in [6.07, 6.45) is 1.04. The molecule has 0 spiro atoms. The van der Waals surface area contributed by atoms with Crippen molar-refractivity contribution in [2.75, 3.05) is 0 Å². The van der Waals surface area contributed by atoms with Crippen molar-refractivity contribution in [3.63, 3.8) is 0 Å². The van der Waals surface area contributed by atoms with Gasteiger partial charge in [-0.1, -0.05) is 0 Å². The maximum atomic E-state index is 11.3. The van der Waals surface area contributed by atoms with Gasteiger partial charge in [0.15, 0.2) is 5.78 Å². The highest BCUT2D eigenvalue weighted by Crippen LogP contribution is 2.29. The minimum atomic E-state index is -1.01. The van der Waals surface area contributed by atoms with Crippen molar-refractivity contribution in [2.45, 2.75) is 38.9 Å². The predicted molar refractivity (Wildman–Crippen MR) is 49.2 cm³/mol. The zero-order chi connectivity index (χ0) is 10.2. The Morgan fingerprint density at radius 1 is 1.54 bits per heavy atom. The van der Waals surface area contributed by atoms with E-state index in [1.165, 1.54) is 6.08 Å². The molecule has 0 aromatic rings. The summed E-state index contributed by atoms with van der Waals surface area (Å²) in [5.41, 5.74) is -0.417. The molecule has 0 unspecified atom stereocenters. The fraction of sp³-hybridized carbons (Fsp3) is 0.700. The summed E-state index contributed by atoms with van der Waals surface area (Å²) < 4.78 is 0. The highest BCUT2D eigenvalue weighted by molar-refractivity contribution is 5.96. The average molecular weight is 184 g/mol. The fourth-order valence-corrected chi connectivity index (χ4v) is 1.61. The Kier molecular flexibility index (Phi) is 2.59. The van der Waals surface area contributed by atoms with E-state index in [0.29, 0.717) is 5.57 Å². The molecule has 2 N–H and O–H groups in total. The number of allylic oxidation sites excluding steroid dienone is 1. The molecule has 3 heteroatoms. The number of aliphatic hydroxyl groups is 2. The van der Waals surface area contributed by atoms with E-state index in [-0.39, 0.29) is 18.1 Å². The van der Waals surface area contributed by atoms with Crippen LogP contribution in [-0.4, -0.2) is 27.7 Å². The molecule has 0 aliphatic heterocycles. The average Bonchev–Trinajstić information content (AvgIpc) is 1.94. The first-order valence-corrected chi connectivity index (χ1v) is 4.44. The number of aliphatic hydroxyl groups excluding tert-OH is 1. The van der Waals surface area contributed by atoms with Gasteiger partial charge in [0.05, 0.1) is 11.7 Å². The number of ketones is 1. The van der Waals surface area contributed by atoms with Crippen LogP contribution in [0, 0.1) is 5.92 Å². The van der Waals surface area contributed by atoms with Crippen molar-refractivity contribution in [2.24, 2.45) is 5.92 Å². The highest BCUT2D eigenvalue weighted by atomic mass is 16.3. The third-order valence-electron chi connectivity index (χ3n) is 2.59.